The van der Waals surface area contributed by atoms with Crippen molar-refractivity contribution in [3.05, 3.63) is 69.4 Å². The van der Waals surface area contributed by atoms with Crippen molar-refractivity contribution in [2.24, 2.45) is 0 Å². The van der Waals surface area contributed by atoms with Gasteiger partial charge in [0, 0.05) is 44.5 Å². The molecule has 0 aliphatic carbocycles. The van der Waals surface area contributed by atoms with E-state index in [1.165, 1.54) is 18.2 Å². The van der Waals surface area contributed by atoms with Gasteiger partial charge in [-0.05, 0) is 18.2 Å². The number of halogens is 3. The lowest BCUT2D eigenvalue weighted by Crippen LogP contribution is -2.48. The van der Waals surface area contributed by atoms with Gasteiger partial charge in [-0.1, -0.05) is 12.1 Å². The molecule has 0 unspecified atom stereocenters. The molecule has 0 saturated carbocycles. The molecule has 1 saturated heterocycles. The Kier molecular flexibility index (Phi) is 5.11. The summed E-state index contributed by atoms with van der Waals surface area (Å²) in [5.74, 6) is 0.411. The molecule has 6 nitrogen and oxygen atoms in total. The summed E-state index contributed by atoms with van der Waals surface area (Å²) in [6, 6.07) is 6.56. The van der Waals surface area contributed by atoms with Crippen LogP contribution in [-0.2, 0) is 12.7 Å². The van der Waals surface area contributed by atoms with Crippen molar-refractivity contribution in [3.63, 3.8) is 0 Å². The summed E-state index contributed by atoms with van der Waals surface area (Å²) in [5, 5.41) is 0. The predicted octanol–water partition coefficient (Wildman–Crippen LogP) is 2.07. The second kappa shape index (κ2) is 7.34. The minimum atomic E-state index is -4.38. The number of alkyl halides is 3. The standard InChI is InChI=1S/C18H19F3N4O2/c1-2-6-25-16(26)12-15(22-17(25)27)24-9-7-23(8-10-24)14-5-3-4-13(11-14)18(19,20)21/h2-5,11-12H,1,6-10H2,(H,22,27). The van der Waals surface area contributed by atoms with E-state index < -0.39 is 23.0 Å². The van der Waals surface area contributed by atoms with Gasteiger partial charge in [-0.2, -0.15) is 13.2 Å². The SMILES string of the molecule is C=CCn1c(=O)cc(N2CCN(c3cccc(C(F)(F)F)c3)CC2)[nH]c1=O. The van der Waals surface area contributed by atoms with Crippen molar-refractivity contribution < 1.29 is 13.2 Å². The maximum absolute atomic E-state index is 12.9. The van der Waals surface area contributed by atoms with Crippen molar-refractivity contribution in [1.29, 1.82) is 0 Å². The fraction of sp³-hybridized carbons (Fsp3) is 0.333. The first-order chi connectivity index (χ1) is 12.8. The minimum absolute atomic E-state index is 0.123. The number of nitrogens with zero attached hydrogens (tertiary/aromatic N) is 3. The highest BCUT2D eigenvalue weighted by Gasteiger charge is 2.31. The summed E-state index contributed by atoms with van der Waals surface area (Å²) >= 11 is 0. The first-order valence-electron chi connectivity index (χ1n) is 8.42. The average molecular weight is 380 g/mol. The summed E-state index contributed by atoms with van der Waals surface area (Å²) in [7, 11) is 0. The number of piperazine rings is 1. The lowest BCUT2D eigenvalue weighted by atomic mass is 10.1. The van der Waals surface area contributed by atoms with Gasteiger partial charge < -0.3 is 9.80 Å². The maximum atomic E-state index is 12.9. The molecule has 2 aromatic rings. The topological polar surface area (TPSA) is 61.3 Å². The second-order valence-corrected chi connectivity index (χ2v) is 6.22. The summed E-state index contributed by atoms with van der Waals surface area (Å²) in [5.41, 5.74) is -1.12. The van der Waals surface area contributed by atoms with Crippen molar-refractivity contribution in [3.8, 4) is 0 Å². The number of aromatic nitrogens is 2. The van der Waals surface area contributed by atoms with E-state index >= 15 is 0 Å². The number of nitrogens with one attached hydrogen (secondary N) is 1. The monoisotopic (exact) mass is 380 g/mol. The number of allylic oxidation sites excluding steroid dienone is 1. The van der Waals surface area contributed by atoms with Gasteiger partial charge in [-0.3, -0.25) is 14.3 Å². The van der Waals surface area contributed by atoms with Gasteiger partial charge >= 0.3 is 11.9 Å². The van der Waals surface area contributed by atoms with Gasteiger partial charge in [-0.15, -0.1) is 6.58 Å². The normalized spacial score (nSPS) is 15.1. The molecule has 1 aromatic heterocycles. The van der Waals surface area contributed by atoms with Crippen LogP contribution in [0.3, 0.4) is 0 Å². The molecule has 3 rings (SSSR count). The molecule has 144 valence electrons. The molecule has 1 aliphatic rings. The highest BCUT2D eigenvalue weighted by atomic mass is 19.4. The van der Waals surface area contributed by atoms with Gasteiger partial charge in [-0.25, -0.2) is 4.79 Å². The molecule has 1 fully saturated rings. The number of hydrogen-bond donors (Lipinski definition) is 1. The number of H-pyrrole nitrogens is 1. The smallest absolute Gasteiger partial charge is 0.368 e. The van der Waals surface area contributed by atoms with Crippen LogP contribution in [0.5, 0.6) is 0 Å². The third-order valence-electron chi connectivity index (χ3n) is 4.48. The predicted molar refractivity (Wildman–Crippen MR) is 97.4 cm³/mol. The molecular weight excluding hydrogens is 361 g/mol. The van der Waals surface area contributed by atoms with Crippen molar-refractivity contribution in [2.75, 3.05) is 36.0 Å². The fourth-order valence-electron chi connectivity index (χ4n) is 3.06. The molecule has 0 radical (unpaired) electrons. The van der Waals surface area contributed by atoms with Gasteiger partial charge in [0.1, 0.15) is 5.82 Å². The molecule has 0 amide bonds. The number of anilines is 2. The number of benzene rings is 1. The molecule has 1 aliphatic heterocycles. The molecule has 9 heteroatoms. The molecule has 27 heavy (non-hydrogen) atoms. The lowest BCUT2D eigenvalue weighted by molar-refractivity contribution is -0.137. The number of hydrogen-bond acceptors (Lipinski definition) is 4. The van der Waals surface area contributed by atoms with Gasteiger partial charge in [0.2, 0.25) is 0 Å². The van der Waals surface area contributed by atoms with Crippen molar-refractivity contribution >= 4 is 11.5 Å². The molecule has 0 bridgehead atoms. The quantitative estimate of drug-likeness (QED) is 0.825. The van der Waals surface area contributed by atoms with Crippen molar-refractivity contribution in [1.82, 2.24) is 9.55 Å². The zero-order valence-corrected chi connectivity index (χ0v) is 14.5. The Bertz CT molecular complexity index is 909. The molecular formula is C18H19F3N4O2. The summed E-state index contributed by atoms with van der Waals surface area (Å²) in [4.78, 5) is 30.5. The zero-order chi connectivity index (χ0) is 19.6. The van der Waals surface area contributed by atoms with Crippen LogP contribution in [0.1, 0.15) is 5.56 Å². The third-order valence-corrected chi connectivity index (χ3v) is 4.48. The van der Waals surface area contributed by atoms with E-state index in [2.05, 4.69) is 11.6 Å². The van der Waals surface area contributed by atoms with E-state index in [1.807, 2.05) is 9.80 Å². The number of rotatable bonds is 4. The van der Waals surface area contributed by atoms with Gasteiger partial charge in [0.15, 0.2) is 0 Å². The minimum Gasteiger partial charge on any atom is -0.368 e. The van der Waals surface area contributed by atoms with Crippen LogP contribution < -0.4 is 21.0 Å². The largest absolute Gasteiger partial charge is 0.416 e. The molecule has 0 spiro atoms. The lowest BCUT2D eigenvalue weighted by Gasteiger charge is -2.37. The highest BCUT2D eigenvalue weighted by Crippen LogP contribution is 2.32. The van der Waals surface area contributed by atoms with Gasteiger partial charge in [0.25, 0.3) is 5.56 Å². The zero-order valence-electron chi connectivity index (χ0n) is 14.5. The second-order valence-electron chi connectivity index (χ2n) is 6.22. The van der Waals surface area contributed by atoms with Crippen LogP contribution in [-0.4, -0.2) is 35.7 Å². The molecule has 0 atom stereocenters. The van der Waals surface area contributed by atoms with E-state index in [1.54, 1.807) is 6.07 Å². The van der Waals surface area contributed by atoms with E-state index in [-0.39, 0.29) is 6.54 Å². The highest BCUT2D eigenvalue weighted by molar-refractivity contribution is 5.51. The molecule has 1 aromatic carbocycles. The third kappa shape index (κ3) is 4.07. The Balaban J connectivity index is 1.74. The summed E-state index contributed by atoms with van der Waals surface area (Å²) in [6.07, 6.45) is -2.92. The average Bonchev–Trinajstić information content (AvgIpc) is 2.64. The van der Waals surface area contributed by atoms with Crippen LogP contribution in [0.15, 0.2) is 52.6 Å². The Morgan fingerprint density at radius 3 is 2.33 bits per heavy atom. The van der Waals surface area contributed by atoms with Crippen LogP contribution in [0.2, 0.25) is 0 Å². The summed E-state index contributed by atoms with van der Waals surface area (Å²) < 4.78 is 39.7. The Hall–Kier alpha value is -2.97. The van der Waals surface area contributed by atoms with E-state index in [9.17, 15) is 22.8 Å². The van der Waals surface area contributed by atoms with Crippen molar-refractivity contribution in [2.45, 2.75) is 12.7 Å². The number of aromatic amines is 1. The maximum Gasteiger partial charge on any atom is 0.416 e. The van der Waals surface area contributed by atoms with Crippen LogP contribution in [0.25, 0.3) is 0 Å². The van der Waals surface area contributed by atoms with Crippen LogP contribution >= 0.6 is 0 Å². The molecule has 2 heterocycles. The Morgan fingerprint density at radius 1 is 1.07 bits per heavy atom. The fourth-order valence-corrected chi connectivity index (χ4v) is 3.06. The van der Waals surface area contributed by atoms with E-state index in [0.29, 0.717) is 37.7 Å². The Labute approximate surface area is 153 Å². The first kappa shape index (κ1) is 18.8. The van der Waals surface area contributed by atoms with Crippen LogP contribution in [0.4, 0.5) is 24.7 Å². The molecule has 1 N–H and O–H groups in total. The Morgan fingerprint density at radius 2 is 1.74 bits per heavy atom. The van der Waals surface area contributed by atoms with Gasteiger partial charge in [0.05, 0.1) is 5.56 Å². The van der Waals surface area contributed by atoms with E-state index in [4.69, 9.17) is 0 Å². The van der Waals surface area contributed by atoms with Crippen LogP contribution in [0, 0.1) is 0 Å². The summed E-state index contributed by atoms with van der Waals surface area (Å²) in [6.45, 7) is 5.51. The van der Waals surface area contributed by atoms with E-state index in [0.717, 1.165) is 16.7 Å². The first-order valence-corrected chi connectivity index (χ1v) is 8.42.